The lowest BCUT2D eigenvalue weighted by molar-refractivity contribution is -0.119. The monoisotopic (exact) mass is 549 g/mol. The van der Waals surface area contributed by atoms with Crippen LogP contribution in [0.1, 0.15) is 42.1 Å². The number of ether oxygens (including phenoxy) is 1. The average Bonchev–Trinajstić information content (AvgIpc) is 3.43. The summed E-state index contributed by atoms with van der Waals surface area (Å²) in [5, 5.41) is 2.60. The second-order valence-corrected chi connectivity index (χ2v) is 9.33. The Hall–Kier alpha value is -4.27. The second-order valence-electron chi connectivity index (χ2n) is 9.33. The predicted molar refractivity (Wildman–Crippen MR) is 157 cm³/mol. The van der Waals surface area contributed by atoms with E-state index in [2.05, 4.69) is 5.32 Å². The van der Waals surface area contributed by atoms with E-state index in [0.29, 0.717) is 13.1 Å². The van der Waals surface area contributed by atoms with Crippen molar-refractivity contribution in [3.8, 4) is 0 Å². The van der Waals surface area contributed by atoms with Gasteiger partial charge in [-0.05, 0) is 54.4 Å². The van der Waals surface area contributed by atoms with Gasteiger partial charge in [0, 0.05) is 50.2 Å². The van der Waals surface area contributed by atoms with E-state index >= 15 is 0 Å². The molecule has 8 nitrogen and oxygen atoms in total. The van der Waals surface area contributed by atoms with Gasteiger partial charge < -0.3 is 19.9 Å². The Morgan fingerprint density at radius 2 is 1.73 bits per heavy atom. The van der Waals surface area contributed by atoms with Gasteiger partial charge in [0.2, 0.25) is 5.91 Å². The molecule has 40 heavy (non-hydrogen) atoms. The fourth-order valence-corrected chi connectivity index (χ4v) is 4.41. The number of esters is 1. The number of fused-ring (bicyclic) bond motifs is 1. The van der Waals surface area contributed by atoms with Gasteiger partial charge in [-0.3, -0.25) is 14.5 Å². The number of piperazine rings is 1. The molecule has 0 spiro atoms. The lowest BCUT2D eigenvalue weighted by Crippen LogP contribution is -2.48. The van der Waals surface area contributed by atoms with Crippen molar-refractivity contribution in [2.45, 2.75) is 6.42 Å². The molecular weight excluding hydrogens is 504 g/mol. The number of benzene rings is 3. The number of methoxy groups -OCH3 is 1. The van der Waals surface area contributed by atoms with Crippen LogP contribution in [0.3, 0.4) is 0 Å². The molecule has 2 aliphatic rings. The SMILES string of the molecule is [2H]c1c([2H])c([2H])c(/C(Cc2c([2H])c([2H])c(N(C)C(=O)C([2H])([2H])N3CCN(C)CC3)c([2H])c2[2H])=C2/C(=O)Nc3cc(C(=O)OC)ccc32)c([2H])c1[2H]. The van der Waals surface area contributed by atoms with Crippen LogP contribution in [-0.2, 0) is 20.7 Å². The molecule has 0 aliphatic carbocycles. The van der Waals surface area contributed by atoms with Crippen LogP contribution < -0.4 is 10.2 Å². The summed E-state index contributed by atoms with van der Waals surface area (Å²) >= 11 is 0. The van der Waals surface area contributed by atoms with Crippen LogP contribution in [0.2, 0.25) is 0 Å². The number of anilines is 2. The standard InChI is InChI=1S/C32H34N4O4/c1-34-15-17-36(18-16-34)21-29(37)35(2)25-12-9-22(10-13-25)19-27(23-7-5-4-6-8-23)30-26-14-11-24(32(39)40-3)20-28(26)33-31(30)38/h4-14,20H,15-19,21H2,1-3H3,(H,33,38)/b30-27+/i4D,5D,6D,7D,8D,9D,10D,12D,13D,21D2. The molecule has 0 saturated carbocycles. The van der Waals surface area contributed by atoms with Crippen LogP contribution in [-0.4, -0.2) is 81.5 Å². The highest BCUT2D eigenvalue weighted by Gasteiger charge is 2.29. The molecule has 1 N–H and O–H groups in total. The maximum Gasteiger partial charge on any atom is 0.337 e. The second kappa shape index (κ2) is 11.9. The third-order valence-corrected chi connectivity index (χ3v) is 6.70. The van der Waals surface area contributed by atoms with E-state index in [1.807, 2.05) is 11.9 Å². The molecule has 3 aromatic rings. The van der Waals surface area contributed by atoms with Gasteiger partial charge >= 0.3 is 5.97 Å². The maximum atomic E-state index is 13.6. The largest absolute Gasteiger partial charge is 0.465 e. The number of hydrogen-bond donors (Lipinski definition) is 1. The van der Waals surface area contributed by atoms with Crippen molar-refractivity contribution in [3.63, 3.8) is 0 Å². The molecule has 3 aromatic carbocycles. The molecule has 1 saturated heterocycles. The highest BCUT2D eigenvalue weighted by molar-refractivity contribution is 6.37. The van der Waals surface area contributed by atoms with Gasteiger partial charge in [-0.1, -0.05) is 48.4 Å². The van der Waals surface area contributed by atoms with Crippen LogP contribution in [0, 0.1) is 0 Å². The van der Waals surface area contributed by atoms with Gasteiger partial charge in [0.15, 0.2) is 0 Å². The van der Waals surface area contributed by atoms with Crippen LogP contribution in [0.15, 0.2) is 72.6 Å². The number of nitrogens with one attached hydrogen (secondary N) is 1. The number of allylic oxidation sites excluding steroid dienone is 1. The minimum absolute atomic E-state index is 0.0907. The molecular formula is C32H34N4O4. The highest BCUT2D eigenvalue weighted by Crippen LogP contribution is 2.39. The summed E-state index contributed by atoms with van der Waals surface area (Å²) in [4.78, 5) is 43.4. The average molecular weight is 550 g/mol. The molecule has 0 unspecified atom stereocenters. The van der Waals surface area contributed by atoms with Crippen LogP contribution in [0.4, 0.5) is 11.4 Å². The molecule has 206 valence electrons. The summed E-state index contributed by atoms with van der Waals surface area (Å²) in [5.41, 5.74) is -1.21. The third-order valence-electron chi connectivity index (χ3n) is 6.70. The van der Waals surface area contributed by atoms with E-state index in [4.69, 9.17) is 19.8 Å². The van der Waals surface area contributed by atoms with E-state index in [0.717, 1.165) is 11.9 Å². The molecule has 0 atom stereocenters. The normalized spacial score (nSPS) is 21.0. The Kier molecular flexibility index (Phi) is 4.96. The van der Waals surface area contributed by atoms with Crippen molar-refractivity contribution in [1.82, 2.24) is 9.80 Å². The van der Waals surface area contributed by atoms with Gasteiger partial charge in [0.05, 0.1) is 39.8 Å². The van der Waals surface area contributed by atoms with E-state index in [9.17, 15) is 14.4 Å². The van der Waals surface area contributed by atoms with Crippen LogP contribution in [0.5, 0.6) is 0 Å². The van der Waals surface area contributed by atoms with E-state index in [1.165, 1.54) is 30.2 Å². The molecule has 0 radical (unpaired) electrons. The number of likely N-dealkylation sites (N-methyl/N-ethyl adjacent to an activating group) is 2. The van der Waals surface area contributed by atoms with Gasteiger partial charge in [-0.2, -0.15) is 0 Å². The predicted octanol–water partition coefficient (Wildman–Crippen LogP) is 3.79. The summed E-state index contributed by atoms with van der Waals surface area (Å²) in [7, 11) is 4.20. The quantitative estimate of drug-likeness (QED) is 0.357. The van der Waals surface area contributed by atoms with Crippen molar-refractivity contribution in [3.05, 3.63) is 94.8 Å². The molecule has 8 heteroatoms. The van der Waals surface area contributed by atoms with Crippen molar-refractivity contribution < 1.29 is 34.2 Å². The molecule has 2 amide bonds. The first-order chi connectivity index (χ1) is 23.8. The number of amides is 2. The Labute approximate surface area is 250 Å². The van der Waals surface area contributed by atoms with Crippen LogP contribution >= 0.6 is 0 Å². The Morgan fingerprint density at radius 1 is 1.02 bits per heavy atom. The lowest BCUT2D eigenvalue weighted by Gasteiger charge is -2.32. The van der Waals surface area contributed by atoms with Crippen molar-refractivity contribution in [1.29, 1.82) is 0 Å². The smallest absolute Gasteiger partial charge is 0.337 e. The fraction of sp³-hybridized carbons (Fsp3) is 0.281. The summed E-state index contributed by atoms with van der Waals surface area (Å²) in [6.45, 7) is -1.04. The summed E-state index contributed by atoms with van der Waals surface area (Å²) in [6.07, 6.45) is -0.635. The summed E-state index contributed by atoms with van der Waals surface area (Å²) in [6, 6.07) is -2.09. The topological polar surface area (TPSA) is 82.2 Å². The maximum absolute atomic E-state index is 13.6. The molecule has 0 bridgehead atoms. The highest BCUT2D eigenvalue weighted by atomic mass is 16.5. The first-order valence-corrected chi connectivity index (χ1v) is 12.5. The number of hydrogen-bond acceptors (Lipinski definition) is 6. The number of carbonyl (C=O) groups is 3. The molecule has 0 aromatic heterocycles. The van der Waals surface area contributed by atoms with E-state index in [-0.39, 0.29) is 46.6 Å². The van der Waals surface area contributed by atoms with Crippen molar-refractivity contribution in [2.75, 3.05) is 64.1 Å². The van der Waals surface area contributed by atoms with Crippen LogP contribution in [0.25, 0.3) is 11.1 Å². The minimum Gasteiger partial charge on any atom is -0.465 e. The van der Waals surface area contributed by atoms with Crippen molar-refractivity contribution in [2.24, 2.45) is 0 Å². The van der Waals surface area contributed by atoms with E-state index in [1.54, 1.807) is 0 Å². The van der Waals surface area contributed by atoms with Crippen molar-refractivity contribution >= 4 is 40.3 Å². The molecule has 5 rings (SSSR count). The lowest BCUT2D eigenvalue weighted by atomic mass is 9.90. The summed E-state index contributed by atoms with van der Waals surface area (Å²) < 4.78 is 99.4. The Bertz CT molecular complexity index is 1970. The fourth-order valence-electron chi connectivity index (χ4n) is 4.41. The molecule has 2 heterocycles. The molecule has 2 aliphatic heterocycles. The summed E-state index contributed by atoms with van der Waals surface area (Å²) in [5.74, 6) is -2.58. The van der Waals surface area contributed by atoms with Gasteiger partial charge in [0.25, 0.3) is 5.91 Å². The van der Waals surface area contributed by atoms with Gasteiger partial charge in [-0.25, -0.2) is 4.79 Å². The number of nitrogens with zero attached hydrogens (tertiary/aromatic N) is 3. The zero-order valence-electron chi connectivity index (χ0n) is 33.2. The first-order valence-electron chi connectivity index (χ1n) is 18.0. The molecule has 1 fully saturated rings. The van der Waals surface area contributed by atoms with Gasteiger partial charge in [0.1, 0.15) is 0 Å². The first kappa shape index (κ1) is 16.7. The van der Waals surface area contributed by atoms with Gasteiger partial charge in [-0.15, -0.1) is 0 Å². The Balaban J connectivity index is 1.69. The zero-order valence-corrected chi connectivity index (χ0v) is 22.2. The number of carbonyl (C=O) groups excluding carboxylic acids is 3. The Morgan fingerprint density at radius 3 is 2.40 bits per heavy atom. The third kappa shape index (κ3) is 5.83. The number of rotatable bonds is 7. The van der Waals surface area contributed by atoms with E-state index < -0.39 is 96.3 Å². The zero-order chi connectivity index (χ0) is 37.9. The minimum atomic E-state index is -2.53.